The van der Waals surface area contributed by atoms with Gasteiger partial charge < -0.3 is 10.2 Å². The zero-order chi connectivity index (χ0) is 18.8. The van der Waals surface area contributed by atoms with Crippen LogP contribution in [0.25, 0.3) is 22.3 Å². The van der Waals surface area contributed by atoms with Crippen molar-refractivity contribution < 1.29 is 4.39 Å². The lowest BCUT2D eigenvalue weighted by Crippen LogP contribution is -2.10. The first-order valence-corrected chi connectivity index (χ1v) is 8.25. The highest BCUT2D eigenvalue weighted by Gasteiger charge is 2.12. The molecule has 27 heavy (non-hydrogen) atoms. The van der Waals surface area contributed by atoms with Gasteiger partial charge in [-0.15, -0.1) is 0 Å². The van der Waals surface area contributed by atoms with Gasteiger partial charge in [0, 0.05) is 25.9 Å². The molecule has 3 aromatic heterocycles. The molecule has 1 N–H and O–H groups in total. The fraction of sp³-hybridized carbons (Fsp3) is 0.105. The number of nitrogens with zero attached hydrogens (tertiary/aromatic N) is 6. The van der Waals surface area contributed by atoms with Gasteiger partial charge in [0.15, 0.2) is 5.82 Å². The van der Waals surface area contributed by atoms with E-state index in [0.29, 0.717) is 16.9 Å². The van der Waals surface area contributed by atoms with Crippen molar-refractivity contribution >= 4 is 28.6 Å². The fourth-order valence-electron chi connectivity index (χ4n) is 2.55. The summed E-state index contributed by atoms with van der Waals surface area (Å²) in [5.41, 5.74) is 2.17. The summed E-state index contributed by atoms with van der Waals surface area (Å²) in [6.07, 6.45) is 4.49. The summed E-state index contributed by atoms with van der Waals surface area (Å²) in [7, 11) is 3.78. The maximum absolute atomic E-state index is 14.4. The van der Waals surface area contributed by atoms with Crippen LogP contribution in [0.3, 0.4) is 0 Å². The highest BCUT2D eigenvalue weighted by atomic mass is 19.1. The third-order valence-corrected chi connectivity index (χ3v) is 3.91. The minimum Gasteiger partial charge on any atom is -0.361 e. The predicted octanol–water partition coefficient (Wildman–Crippen LogP) is 3.43. The van der Waals surface area contributed by atoms with Crippen molar-refractivity contribution in [2.75, 3.05) is 24.3 Å². The summed E-state index contributed by atoms with van der Waals surface area (Å²) in [5, 5.41) is 2.97. The van der Waals surface area contributed by atoms with Crippen molar-refractivity contribution in [3.05, 3.63) is 60.8 Å². The smallest absolute Gasteiger partial charge is 0.229 e. The van der Waals surface area contributed by atoms with Crippen molar-refractivity contribution in [1.29, 1.82) is 0 Å². The van der Waals surface area contributed by atoms with Gasteiger partial charge in [0.25, 0.3) is 0 Å². The summed E-state index contributed by atoms with van der Waals surface area (Å²) >= 11 is 0. The van der Waals surface area contributed by atoms with Crippen LogP contribution in [0, 0.1) is 5.82 Å². The van der Waals surface area contributed by atoms with E-state index in [1.807, 2.05) is 25.1 Å². The van der Waals surface area contributed by atoms with Gasteiger partial charge in [-0.2, -0.15) is 0 Å². The first kappa shape index (κ1) is 16.8. The standard InChI is InChI=1S/C19H16FN7/c1-27(2)17-11-22-14-7-6-12(9-15(14)24-17)18-13(20)10-23-19(26-18)25-16-5-3-4-8-21-16/h3-11H,1-2H3,(H,21,23,25,26). The molecule has 0 unspecified atom stereocenters. The van der Waals surface area contributed by atoms with Crippen molar-refractivity contribution in [2.45, 2.75) is 0 Å². The molecule has 0 radical (unpaired) electrons. The molecule has 134 valence electrons. The second-order valence-corrected chi connectivity index (χ2v) is 6.06. The first-order valence-electron chi connectivity index (χ1n) is 8.25. The number of fused-ring (bicyclic) bond motifs is 1. The Balaban J connectivity index is 1.74. The number of halogens is 1. The Labute approximate surface area is 155 Å². The van der Waals surface area contributed by atoms with E-state index >= 15 is 0 Å². The molecule has 0 aliphatic rings. The molecule has 0 fully saturated rings. The van der Waals surface area contributed by atoms with Crippen LogP contribution in [0.15, 0.2) is 55.0 Å². The average molecular weight is 361 g/mol. The summed E-state index contributed by atoms with van der Waals surface area (Å²) in [6.45, 7) is 0. The summed E-state index contributed by atoms with van der Waals surface area (Å²) in [4.78, 5) is 23.2. The number of anilines is 3. The van der Waals surface area contributed by atoms with E-state index in [9.17, 15) is 4.39 Å². The lowest BCUT2D eigenvalue weighted by atomic mass is 10.1. The molecule has 4 aromatic rings. The number of nitrogens with one attached hydrogen (secondary N) is 1. The largest absolute Gasteiger partial charge is 0.361 e. The van der Waals surface area contributed by atoms with Gasteiger partial charge in [-0.3, -0.25) is 4.98 Å². The fourth-order valence-corrected chi connectivity index (χ4v) is 2.55. The highest BCUT2D eigenvalue weighted by Crippen LogP contribution is 2.25. The Hall–Kier alpha value is -3.68. The molecule has 8 heteroatoms. The van der Waals surface area contributed by atoms with Crippen LogP contribution in [0.5, 0.6) is 0 Å². The average Bonchev–Trinajstić information content (AvgIpc) is 2.69. The maximum atomic E-state index is 14.4. The third kappa shape index (κ3) is 3.50. The van der Waals surface area contributed by atoms with Crippen LogP contribution in [0.4, 0.5) is 22.0 Å². The van der Waals surface area contributed by atoms with Crippen LogP contribution >= 0.6 is 0 Å². The van der Waals surface area contributed by atoms with E-state index in [4.69, 9.17) is 0 Å². The predicted molar refractivity (Wildman–Crippen MR) is 102 cm³/mol. The van der Waals surface area contributed by atoms with Gasteiger partial charge in [0.2, 0.25) is 5.95 Å². The van der Waals surface area contributed by atoms with E-state index in [1.165, 1.54) is 0 Å². The number of aromatic nitrogens is 5. The Morgan fingerprint density at radius 2 is 1.81 bits per heavy atom. The van der Waals surface area contributed by atoms with Crippen molar-refractivity contribution in [2.24, 2.45) is 0 Å². The molecule has 0 spiro atoms. The second-order valence-electron chi connectivity index (χ2n) is 6.06. The number of rotatable bonds is 4. The lowest BCUT2D eigenvalue weighted by Gasteiger charge is -2.11. The summed E-state index contributed by atoms with van der Waals surface area (Å²) in [5.74, 6) is 1.05. The number of pyridine rings is 1. The molecule has 4 rings (SSSR count). The van der Waals surface area contributed by atoms with E-state index in [-0.39, 0.29) is 11.6 Å². The normalized spacial score (nSPS) is 10.8. The SMILES string of the molecule is CN(C)c1cnc2ccc(-c3nc(Nc4ccccn4)ncc3F)cc2n1. The zero-order valence-electron chi connectivity index (χ0n) is 14.8. The van der Waals surface area contributed by atoms with Gasteiger partial charge in [-0.1, -0.05) is 12.1 Å². The van der Waals surface area contributed by atoms with Gasteiger partial charge in [0.05, 0.1) is 23.4 Å². The van der Waals surface area contributed by atoms with Gasteiger partial charge in [0.1, 0.15) is 17.3 Å². The molecule has 0 aliphatic carbocycles. The molecule has 0 saturated heterocycles. The second kappa shape index (κ2) is 6.91. The monoisotopic (exact) mass is 361 g/mol. The van der Waals surface area contributed by atoms with Crippen LogP contribution in [0.2, 0.25) is 0 Å². The number of hydrogen-bond donors (Lipinski definition) is 1. The van der Waals surface area contributed by atoms with E-state index < -0.39 is 5.82 Å². The Morgan fingerprint density at radius 1 is 0.926 bits per heavy atom. The van der Waals surface area contributed by atoms with E-state index in [0.717, 1.165) is 17.5 Å². The van der Waals surface area contributed by atoms with Gasteiger partial charge in [-0.25, -0.2) is 24.3 Å². The third-order valence-electron chi connectivity index (χ3n) is 3.91. The zero-order valence-corrected chi connectivity index (χ0v) is 14.8. The topological polar surface area (TPSA) is 79.7 Å². The molecule has 0 bridgehead atoms. The minimum absolute atomic E-state index is 0.183. The molecule has 0 atom stereocenters. The van der Waals surface area contributed by atoms with Crippen LogP contribution in [0.1, 0.15) is 0 Å². The lowest BCUT2D eigenvalue weighted by molar-refractivity contribution is 0.619. The maximum Gasteiger partial charge on any atom is 0.229 e. The quantitative estimate of drug-likeness (QED) is 0.596. The van der Waals surface area contributed by atoms with Crippen molar-refractivity contribution in [3.8, 4) is 11.3 Å². The van der Waals surface area contributed by atoms with Crippen LogP contribution < -0.4 is 10.2 Å². The number of hydrogen-bond acceptors (Lipinski definition) is 7. The molecular weight excluding hydrogens is 345 g/mol. The number of benzene rings is 1. The Kier molecular flexibility index (Phi) is 4.29. The molecule has 1 aromatic carbocycles. The minimum atomic E-state index is -0.516. The molecule has 3 heterocycles. The van der Waals surface area contributed by atoms with E-state index in [1.54, 1.807) is 42.7 Å². The van der Waals surface area contributed by atoms with Gasteiger partial charge in [-0.05, 0) is 24.3 Å². The summed E-state index contributed by atoms with van der Waals surface area (Å²) in [6, 6.07) is 10.8. The molecule has 7 nitrogen and oxygen atoms in total. The van der Waals surface area contributed by atoms with Gasteiger partial charge >= 0.3 is 0 Å². The first-order chi connectivity index (χ1) is 13.1. The van der Waals surface area contributed by atoms with Crippen molar-refractivity contribution in [3.63, 3.8) is 0 Å². The molecule has 0 aliphatic heterocycles. The van der Waals surface area contributed by atoms with Crippen molar-refractivity contribution in [1.82, 2.24) is 24.9 Å². The molecule has 0 saturated carbocycles. The van der Waals surface area contributed by atoms with Crippen LogP contribution in [-0.2, 0) is 0 Å². The summed E-state index contributed by atoms with van der Waals surface area (Å²) < 4.78 is 14.4. The van der Waals surface area contributed by atoms with E-state index in [2.05, 4.69) is 30.2 Å². The van der Waals surface area contributed by atoms with Crippen LogP contribution in [-0.4, -0.2) is 39.0 Å². The highest BCUT2D eigenvalue weighted by molar-refractivity contribution is 5.81. The molecule has 0 amide bonds. The Morgan fingerprint density at radius 3 is 2.59 bits per heavy atom. The molecular formula is C19H16FN7. The Bertz CT molecular complexity index is 1100.